The summed E-state index contributed by atoms with van der Waals surface area (Å²) in [7, 11) is 0. The minimum Gasteiger partial charge on any atom is -0.312 e. The van der Waals surface area contributed by atoms with Crippen LogP contribution in [0.4, 0.5) is 10.8 Å². The second-order valence-electron chi connectivity index (χ2n) is 7.16. The van der Waals surface area contributed by atoms with Crippen molar-refractivity contribution in [2.75, 3.05) is 16.8 Å². The number of nitrogens with one attached hydrogen (secondary N) is 1. The van der Waals surface area contributed by atoms with Gasteiger partial charge >= 0.3 is 0 Å². The molecule has 2 heterocycles. The van der Waals surface area contributed by atoms with Gasteiger partial charge in [0.1, 0.15) is 5.01 Å². The maximum Gasteiger partial charge on any atom is 0.257 e. The van der Waals surface area contributed by atoms with E-state index in [0.29, 0.717) is 28.7 Å². The molecular formula is C21H19ClN4O2S. The fraction of sp³-hybridized carbons (Fsp3) is 0.238. The summed E-state index contributed by atoms with van der Waals surface area (Å²) in [6.45, 7) is 4.60. The molecule has 2 amide bonds. The number of hydrogen-bond acceptors (Lipinski definition) is 5. The van der Waals surface area contributed by atoms with E-state index in [4.69, 9.17) is 11.6 Å². The number of benzene rings is 2. The van der Waals surface area contributed by atoms with Crippen molar-refractivity contribution in [3.63, 3.8) is 0 Å². The lowest BCUT2D eigenvalue weighted by molar-refractivity contribution is -0.117. The molecule has 3 aromatic rings. The zero-order valence-electron chi connectivity index (χ0n) is 16.0. The molecule has 1 atom stereocenters. The zero-order valence-corrected chi connectivity index (χ0v) is 17.5. The molecule has 0 saturated carbocycles. The minimum absolute atomic E-state index is 0.0398. The molecule has 1 saturated heterocycles. The van der Waals surface area contributed by atoms with E-state index >= 15 is 0 Å². The van der Waals surface area contributed by atoms with Gasteiger partial charge in [-0.15, -0.1) is 10.2 Å². The molecule has 1 aliphatic heterocycles. The van der Waals surface area contributed by atoms with E-state index in [1.165, 1.54) is 11.3 Å². The van der Waals surface area contributed by atoms with Crippen molar-refractivity contribution >= 4 is 45.6 Å². The Morgan fingerprint density at radius 1 is 1.14 bits per heavy atom. The SMILES string of the molecule is Cc1cc(C)cc(N2C[C@H](c3nnc(NC(=O)c4ccc(Cl)cc4)s3)CC2=O)c1. The number of rotatable bonds is 4. The smallest absolute Gasteiger partial charge is 0.257 e. The molecule has 1 aliphatic rings. The van der Waals surface area contributed by atoms with E-state index in [-0.39, 0.29) is 17.7 Å². The second kappa shape index (κ2) is 7.93. The quantitative estimate of drug-likeness (QED) is 0.662. The number of amides is 2. The third-order valence-electron chi connectivity index (χ3n) is 4.76. The molecule has 0 spiro atoms. The van der Waals surface area contributed by atoms with Crippen LogP contribution in [0.3, 0.4) is 0 Å². The molecule has 1 N–H and O–H groups in total. The molecule has 6 nitrogen and oxygen atoms in total. The van der Waals surface area contributed by atoms with E-state index in [1.807, 2.05) is 26.0 Å². The van der Waals surface area contributed by atoms with E-state index in [0.717, 1.165) is 21.8 Å². The third kappa shape index (κ3) is 4.31. The Balaban J connectivity index is 1.46. The first-order valence-corrected chi connectivity index (χ1v) is 10.4. The summed E-state index contributed by atoms with van der Waals surface area (Å²) in [6.07, 6.45) is 0.382. The lowest BCUT2D eigenvalue weighted by Crippen LogP contribution is -2.24. The van der Waals surface area contributed by atoms with Gasteiger partial charge in [0, 0.05) is 35.2 Å². The number of carbonyl (C=O) groups excluding carboxylic acids is 2. The Bertz CT molecular complexity index is 1060. The summed E-state index contributed by atoms with van der Waals surface area (Å²) in [4.78, 5) is 26.7. The highest BCUT2D eigenvalue weighted by molar-refractivity contribution is 7.15. The molecule has 4 rings (SSSR count). The highest BCUT2D eigenvalue weighted by Gasteiger charge is 2.34. The third-order valence-corrected chi connectivity index (χ3v) is 6.01. The first kappa shape index (κ1) is 19.5. The van der Waals surface area contributed by atoms with Crippen LogP contribution in [0.2, 0.25) is 5.02 Å². The van der Waals surface area contributed by atoms with Gasteiger partial charge in [-0.25, -0.2) is 0 Å². The van der Waals surface area contributed by atoms with Gasteiger partial charge in [0.05, 0.1) is 0 Å². The average Bonchev–Trinajstić information content (AvgIpc) is 3.28. The molecule has 2 aromatic carbocycles. The van der Waals surface area contributed by atoms with Crippen molar-refractivity contribution in [3.05, 3.63) is 69.2 Å². The number of carbonyl (C=O) groups is 2. The number of aromatic nitrogens is 2. The van der Waals surface area contributed by atoms with Gasteiger partial charge in [-0.1, -0.05) is 29.0 Å². The van der Waals surface area contributed by atoms with Crippen molar-refractivity contribution in [1.82, 2.24) is 10.2 Å². The molecule has 0 radical (unpaired) electrons. The molecule has 148 valence electrons. The van der Waals surface area contributed by atoms with E-state index < -0.39 is 0 Å². The molecule has 0 bridgehead atoms. The lowest BCUT2D eigenvalue weighted by atomic mass is 10.1. The van der Waals surface area contributed by atoms with Crippen LogP contribution in [0.1, 0.15) is 38.8 Å². The van der Waals surface area contributed by atoms with Gasteiger partial charge in [-0.3, -0.25) is 14.9 Å². The van der Waals surface area contributed by atoms with Gasteiger partial charge in [0.25, 0.3) is 5.91 Å². The second-order valence-corrected chi connectivity index (χ2v) is 8.60. The Morgan fingerprint density at radius 3 is 2.52 bits per heavy atom. The number of aryl methyl sites for hydroxylation is 2. The summed E-state index contributed by atoms with van der Waals surface area (Å²) >= 11 is 7.16. The predicted octanol–water partition coefficient (Wildman–Crippen LogP) is 4.58. The van der Waals surface area contributed by atoms with Gasteiger partial charge in [-0.05, 0) is 61.4 Å². The number of anilines is 2. The number of hydrogen-bond donors (Lipinski definition) is 1. The van der Waals surface area contributed by atoms with Crippen LogP contribution in [0.5, 0.6) is 0 Å². The zero-order chi connectivity index (χ0) is 20.5. The summed E-state index contributed by atoms with van der Waals surface area (Å²) in [5, 5.41) is 12.8. The maximum atomic E-state index is 12.6. The molecule has 8 heteroatoms. The normalized spacial score (nSPS) is 16.3. The molecule has 0 aliphatic carbocycles. The largest absolute Gasteiger partial charge is 0.312 e. The molecule has 0 unspecified atom stereocenters. The Hall–Kier alpha value is -2.77. The van der Waals surface area contributed by atoms with Gasteiger partial charge in [0.2, 0.25) is 11.0 Å². The summed E-state index contributed by atoms with van der Waals surface area (Å²) < 4.78 is 0. The van der Waals surface area contributed by atoms with Crippen LogP contribution in [0, 0.1) is 13.8 Å². The average molecular weight is 427 g/mol. The number of nitrogens with zero attached hydrogens (tertiary/aromatic N) is 3. The standard InChI is InChI=1S/C21H19ClN4O2S/c1-12-7-13(2)9-17(8-12)26-11-15(10-18(26)27)20-24-25-21(29-20)23-19(28)14-3-5-16(22)6-4-14/h3-9,15H,10-11H2,1-2H3,(H,23,25,28)/t15-/m1/s1. The van der Waals surface area contributed by atoms with E-state index in [1.54, 1.807) is 29.2 Å². The van der Waals surface area contributed by atoms with E-state index in [2.05, 4.69) is 21.6 Å². The monoisotopic (exact) mass is 426 g/mol. The topological polar surface area (TPSA) is 75.2 Å². The van der Waals surface area contributed by atoms with Crippen LogP contribution in [0.15, 0.2) is 42.5 Å². The molecule has 1 fully saturated rings. The van der Waals surface area contributed by atoms with E-state index in [9.17, 15) is 9.59 Å². The van der Waals surface area contributed by atoms with Gasteiger partial charge in [0.15, 0.2) is 0 Å². The van der Waals surface area contributed by atoms with Crippen molar-refractivity contribution in [2.45, 2.75) is 26.2 Å². The fourth-order valence-corrected chi connectivity index (χ4v) is 4.41. The van der Waals surface area contributed by atoms with Crippen LogP contribution < -0.4 is 10.2 Å². The summed E-state index contributed by atoms with van der Waals surface area (Å²) in [5.41, 5.74) is 3.65. The van der Waals surface area contributed by atoms with Crippen molar-refractivity contribution in [1.29, 1.82) is 0 Å². The molecule has 29 heavy (non-hydrogen) atoms. The summed E-state index contributed by atoms with van der Waals surface area (Å²) in [5.74, 6) is -0.243. The molecular weight excluding hydrogens is 408 g/mol. The summed E-state index contributed by atoms with van der Waals surface area (Å²) in [6, 6.07) is 12.7. The first-order valence-electron chi connectivity index (χ1n) is 9.18. The number of halogens is 1. The predicted molar refractivity (Wildman–Crippen MR) is 115 cm³/mol. The Labute approximate surface area is 177 Å². The van der Waals surface area contributed by atoms with Gasteiger partial charge in [-0.2, -0.15) is 0 Å². The van der Waals surface area contributed by atoms with Crippen LogP contribution in [-0.2, 0) is 4.79 Å². The van der Waals surface area contributed by atoms with Crippen LogP contribution in [-0.4, -0.2) is 28.6 Å². The fourth-order valence-electron chi connectivity index (χ4n) is 3.45. The highest BCUT2D eigenvalue weighted by atomic mass is 35.5. The Morgan fingerprint density at radius 2 is 1.83 bits per heavy atom. The maximum absolute atomic E-state index is 12.6. The van der Waals surface area contributed by atoms with Crippen LogP contribution >= 0.6 is 22.9 Å². The van der Waals surface area contributed by atoms with Crippen molar-refractivity contribution < 1.29 is 9.59 Å². The lowest BCUT2D eigenvalue weighted by Gasteiger charge is -2.17. The minimum atomic E-state index is -0.274. The first-order chi connectivity index (χ1) is 13.9. The Kier molecular flexibility index (Phi) is 5.34. The van der Waals surface area contributed by atoms with Crippen molar-refractivity contribution in [3.8, 4) is 0 Å². The van der Waals surface area contributed by atoms with Crippen molar-refractivity contribution in [2.24, 2.45) is 0 Å². The molecule has 1 aromatic heterocycles. The van der Waals surface area contributed by atoms with Crippen LogP contribution in [0.25, 0.3) is 0 Å². The van der Waals surface area contributed by atoms with Gasteiger partial charge < -0.3 is 4.90 Å². The highest BCUT2D eigenvalue weighted by Crippen LogP contribution is 2.35.